The van der Waals surface area contributed by atoms with E-state index in [2.05, 4.69) is 4.98 Å². The average Bonchev–Trinajstić information content (AvgIpc) is 3.34. The van der Waals surface area contributed by atoms with Gasteiger partial charge in [-0.1, -0.05) is 12.1 Å². The molecular weight excluding hydrogens is 366 g/mol. The van der Waals surface area contributed by atoms with Crippen LogP contribution in [0.25, 0.3) is 0 Å². The summed E-state index contributed by atoms with van der Waals surface area (Å²) in [5.74, 6) is 0.552. The number of nitro benzene ring substituents is 1. The van der Waals surface area contributed by atoms with Gasteiger partial charge in [-0.05, 0) is 37.7 Å². The number of non-ortho nitro benzene ring substituents is 1. The van der Waals surface area contributed by atoms with E-state index in [1.54, 1.807) is 16.7 Å². The summed E-state index contributed by atoms with van der Waals surface area (Å²) in [5, 5.41) is 11.7. The summed E-state index contributed by atoms with van der Waals surface area (Å²) in [5.41, 5.74) is 2.97. The van der Waals surface area contributed by atoms with Crippen LogP contribution < -0.4 is 5.69 Å². The third kappa shape index (κ3) is 3.91. The van der Waals surface area contributed by atoms with Crippen molar-refractivity contribution in [2.75, 3.05) is 6.61 Å². The van der Waals surface area contributed by atoms with Gasteiger partial charge in [-0.25, -0.2) is 4.79 Å². The van der Waals surface area contributed by atoms with Crippen molar-refractivity contribution in [2.45, 2.75) is 55.5 Å². The van der Waals surface area contributed by atoms with E-state index in [1.807, 2.05) is 6.07 Å². The van der Waals surface area contributed by atoms with Crippen molar-refractivity contribution in [1.29, 1.82) is 0 Å². The highest BCUT2D eigenvalue weighted by atomic mass is 32.2. The SMILES string of the molecule is O=c1nc(SCc2cccc([N+](=O)[O-])c2)c2c(n1CC1CCCO1)CCC2. The first-order valence-electron chi connectivity index (χ1n) is 9.22. The van der Waals surface area contributed by atoms with Crippen LogP contribution in [0, 0.1) is 10.1 Å². The van der Waals surface area contributed by atoms with Gasteiger partial charge < -0.3 is 4.74 Å². The number of benzene rings is 1. The zero-order chi connectivity index (χ0) is 18.8. The Balaban J connectivity index is 1.56. The lowest BCUT2D eigenvalue weighted by Gasteiger charge is -2.17. The molecule has 2 heterocycles. The van der Waals surface area contributed by atoms with Crippen LogP contribution in [-0.4, -0.2) is 27.2 Å². The molecule has 1 aliphatic carbocycles. The Bertz CT molecular complexity index is 922. The first kappa shape index (κ1) is 18.2. The minimum absolute atomic E-state index is 0.0817. The summed E-state index contributed by atoms with van der Waals surface area (Å²) in [6.45, 7) is 1.36. The van der Waals surface area contributed by atoms with Gasteiger partial charge >= 0.3 is 5.69 Å². The van der Waals surface area contributed by atoms with Crippen LogP contribution in [0.1, 0.15) is 36.1 Å². The first-order chi connectivity index (χ1) is 13.1. The monoisotopic (exact) mass is 387 g/mol. The summed E-state index contributed by atoms with van der Waals surface area (Å²) in [6, 6.07) is 6.60. The van der Waals surface area contributed by atoms with E-state index < -0.39 is 4.92 Å². The third-order valence-corrected chi connectivity index (χ3v) is 6.20. The number of rotatable bonds is 6. The molecule has 0 radical (unpaired) electrons. The molecule has 27 heavy (non-hydrogen) atoms. The quantitative estimate of drug-likeness (QED) is 0.328. The number of nitro groups is 1. The Morgan fingerprint density at radius 3 is 3.00 bits per heavy atom. The average molecular weight is 387 g/mol. The molecule has 142 valence electrons. The minimum Gasteiger partial charge on any atom is -0.376 e. The number of thioether (sulfide) groups is 1. The summed E-state index contributed by atoms with van der Waals surface area (Å²) in [6.07, 6.45) is 4.99. The van der Waals surface area contributed by atoms with Crippen LogP contribution in [0.15, 0.2) is 34.1 Å². The second-order valence-electron chi connectivity index (χ2n) is 6.94. The van der Waals surface area contributed by atoms with Gasteiger partial charge in [-0.3, -0.25) is 14.7 Å². The zero-order valence-corrected chi connectivity index (χ0v) is 15.7. The predicted molar refractivity (Wildman–Crippen MR) is 102 cm³/mol. The van der Waals surface area contributed by atoms with Crippen LogP contribution in [0.4, 0.5) is 5.69 Å². The van der Waals surface area contributed by atoms with Crippen LogP contribution in [-0.2, 0) is 29.9 Å². The number of nitrogens with zero attached hydrogens (tertiary/aromatic N) is 3. The summed E-state index contributed by atoms with van der Waals surface area (Å²) in [7, 11) is 0. The van der Waals surface area contributed by atoms with Gasteiger partial charge in [-0.2, -0.15) is 4.98 Å². The molecule has 1 aromatic carbocycles. The maximum atomic E-state index is 12.6. The van der Waals surface area contributed by atoms with Gasteiger partial charge in [0.1, 0.15) is 5.03 Å². The van der Waals surface area contributed by atoms with Gasteiger partial charge in [-0.15, -0.1) is 11.8 Å². The molecule has 2 aliphatic rings. The topological polar surface area (TPSA) is 87.3 Å². The highest BCUT2D eigenvalue weighted by molar-refractivity contribution is 7.98. The smallest absolute Gasteiger partial charge is 0.348 e. The molecule has 2 aromatic rings. The Labute approximate surface area is 160 Å². The van der Waals surface area contributed by atoms with Crippen molar-refractivity contribution in [2.24, 2.45) is 0 Å². The molecule has 0 amide bonds. The van der Waals surface area contributed by atoms with Crippen molar-refractivity contribution in [1.82, 2.24) is 9.55 Å². The largest absolute Gasteiger partial charge is 0.376 e. The van der Waals surface area contributed by atoms with Crippen molar-refractivity contribution >= 4 is 17.4 Å². The molecular formula is C19H21N3O4S. The Kier molecular flexibility index (Phi) is 5.27. The predicted octanol–water partition coefficient (Wildman–Crippen LogP) is 3.11. The van der Waals surface area contributed by atoms with Crippen LogP contribution in [0.5, 0.6) is 0 Å². The fourth-order valence-electron chi connectivity index (χ4n) is 3.80. The van der Waals surface area contributed by atoms with Gasteiger partial charge in [0.15, 0.2) is 0 Å². The molecule has 0 bridgehead atoms. The molecule has 1 fully saturated rings. The van der Waals surface area contributed by atoms with Gasteiger partial charge in [0.05, 0.1) is 17.6 Å². The molecule has 0 saturated carbocycles. The molecule has 1 aromatic heterocycles. The van der Waals surface area contributed by atoms with E-state index in [0.717, 1.165) is 60.6 Å². The zero-order valence-electron chi connectivity index (χ0n) is 14.9. The van der Waals surface area contributed by atoms with E-state index in [0.29, 0.717) is 12.3 Å². The molecule has 0 spiro atoms. The van der Waals surface area contributed by atoms with E-state index in [4.69, 9.17) is 4.74 Å². The number of aromatic nitrogens is 2. The maximum Gasteiger partial charge on any atom is 0.348 e. The summed E-state index contributed by atoms with van der Waals surface area (Å²) < 4.78 is 7.49. The first-order valence-corrected chi connectivity index (χ1v) is 10.2. The molecule has 1 unspecified atom stereocenters. The molecule has 8 heteroatoms. The van der Waals surface area contributed by atoms with Crippen molar-refractivity contribution in [3.05, 3.63) is 61.7 Å². The standard InChI is InChI=1S/C19H21N3O4S/c23-19-20-18(27-12-13-4-1-5-14(10-13)22(24)25)16-7-2-8-17(16)21(19)11-15-6-3-9-26-15/h1,4-5,10,15H,2-3,6-9,11-12H2. The van der Waals surface area contributed by atoms with Gasteiger partial charge in [0, 0.05) is 35.7 Å². The lowest BCUT2D eigenvalue weighted by molar-refractivity contribution is -0.384. The third-order valence-electron chi connectivity index (χ3n) is 5.11. The number of fused-ring (bicyclic) bond motifs is 1. The molecule has 4 rings (SSSR count). The molecule has 0 N–H and O–H groups in total. The minimum atomic E-state index is -0.392. The van der Waals surface area contributed by atoms with E-state index in [1.165, 1.54) is 17.8 Å². The Hall–Kier alpha value is -2.19. The molecule has 7 nitrogen and oxygen atoms in total. The Morgan fingerprint density at radius 1 is 1.33 bits per heavy atom. The molecule has 1 saturated heterocycles. The fourth-order valence-corrected chi connectivity index (χ4v) is 4.82. The lowest BCUT2D eigenvalue weighted by atomic mass is 10.2. The maximum absolute atomic E-state index is 12.6. The van der Waals surface area contributed by atoms with Crippen molar-refractivity contribution in [3.63, 3.8) is 0 Å². The number of ether oxygens (including phenoxy) is 1. The molecule has 1 atom stereocenters. The van der Waals surface area contributed by atoms with Crippen LogP contribution in [0.3, 0.4) is 0 Å². The second-order valence-corrected chi connectivity index (χ2v) is 7.90. The van der Waals surface area contributed by atoms with Crippen LogP contribution >= 0.6 is 11.8 Å². The molecule has 1 aliphatic heterocycles. The summed E-state index contributed by atoms with van der Waals surface area (Å²) >= 11 is 1.49. The van der Waals surface area contributed by atoms with E-state index in [-0.39, 0.29) is 17.5 Å². The highest BCUT2D eigenvalue weighted by Gasteiger charge is 2.25. The van der Waals surface area contributed by atoms with E-state index >= 15 is 0 Å². The summed E-state index contributed by atoms with van der Waals surface area (Å²) in [4.78, 5) is 27.5. The lowest BCUT2D eigenvalue weighted by Crippen LogP contribution is -2.31. The Morgan fingerprint density at radius 2 is 2.22 bits per heavy atom. The van der Waals surface area contributed by atoms with Gasteiger partial charge in [0.25, 0.3) is 5.69 Å². The normalized spacial score (nSPS) is 18.6. The van der Waals surface area contributed by atoms with Crippen LogP contribution in [0.2, 0.25) is 0 Å². The number of hydrogen-bond acceptors (Lipinski definition) is 6. The van der Waals surface area contributed by atoms with E-state index in [9.17, 15) is 14.9 Å². The van der Waals surface area contributed by atoms with Crippen molar-refractivity contribution in [3.8, 4) is 0 Å². The second kappa shape index (κ2) is 7.82. The van der Waals surface area contributed by atoms with Gasteiger partial charge in [0.2, 0.25) is 0 Å². The van der Waals surface area contributed by atoms with Crippen molar-refractivity contribution < 1.29 is 9.66 Å². The number of hydrogen-bond donors (Lipinski definition) is 0. The fraction of sp³-hybridized carbons (Fsp3) is 0.474. The highest BCUT2D eigenvalue weighted by Crippen LogP contribution is 2.32.